The molecule has 5 rings (SSSR count). The topological polar surface area (TPSA) is 134 Å². The summed E-state index contributed by atoms with van der Waals surface area (Å²) in [6.07, 6.45) is -2.67. The molecule has 2 heterocycles. The molecule has 0 radical (unpaired) electrons. The zero-order chi connectivity index (χ0) is 31.3. The molecule has 0 spiro atoms. The molecule has 43 heavy (non-hydrogen) atoms. The molecule has 15 heteroatoms. The number of nitrogens with one attached hydrogen (secondary N) is 2. The number of hydrogen-bond donors (Lipinski definition) is 3. The first-order valence-electron chi connectivity index (χ1n) is 14.4. The second-order valence-corrected chi connectivity index (χ2v) is 13.8. The van der Waals surface area contributed by atoms with Crippen LogP contribution in [-0.4, -0.2) is 71.1 Å². The van der Waals surface area contributed by atoms with Crippen molar-refractivity contribution in [2.45, 2.75) is 105 Å². The highest BCUT2D eigenvalue weighted by Crippen LogP contribution is 2.41. The molecule has 10 nitrogen and oxygen atoms in total. The molecule has 1 aliphatic heterocycles. The lowest BCUT2D eigenvalue weighted by molar-refractivity contribution is -0.140. The Morgan fingerprint density at radius 1 is 1.16 bits per heavy atom. The van der Waals surface area contributed by atoms with Crippen molar-refractivity contribution in [1.82, 2.24) is 20.4 Å². The molecule has 2 aliphatic carbocycles. The van der Waals surface area contributed by atoms with Crippen molar-refractivity contribution < 1.29 is 40.7 Å². The lowest BCUT2D eigenvalue weighted by atomic mass is 9.93. The molecule has 0 unspecified atom stereocenters. The number of aryl methyl sites for hydroxylation is 1. The van der Waals surface area contributed by atoms with E-state index in [9.17, 15) is 40.7 Å². The number of aliphatic hydroxyl groups is 1. The quantitative estimate of drug-likeness (QED) is 0.272. The number of sulfone groups is 1. The van der Waals surface area contributed by atoms with Crippen LogP contribution in [-0.2, 0) is 25.6 Å². The van der Waals surface area contributed by atoms with E-state index in [0.717, 1.165) is 32.1 Å². The second-order valence-electron chi connectivity index (χ2n) is 11.6. The summed E-state index contributed by atoms with van der Waals surface area (Å²) in [4.78, 5) is 26.7. The van der Waals surface area contributed by atoms with E-state index in [1.54, 1.807) is 24.6 Å². The number of benzene rings is 1. The van der Waals surface area contributed by atoms with Crippen molar-refractivity contribution in [3.05, 3.63) is 41.3 Å². The number of halogens is 4. The third-order valence-corrected chi connectivity index (χ3v) is 10.6. The average molecular weight is 630 g/mol. The summed E-state index contributed by atoms with van der Waals surface area (Å²) in [5, 5.41) is 19.1. The van der Waals surface area contributed by atoms with Crippen molar-refractivity contribution in [1.29, 1.82) is 0 Å². The van der Waals surface area contributed by atoms with Gasteiger partial charge in [0.2, 0.25) is 5.91 Å². The molecule has 236 valence electrons. The van der Waals surface area contributed by atoms with Crippen LogP contribution in [0.2, 0.25) is 0 Å². The fraction of sp³-hybridized carbons (Fsp3) is 0.607. The summed E-state index contributed by atoms with van der Waals surface area (Å²) in [5.74, 6) is -2.09. The van der Waals surface area contributed by atoms with Crippen molar-refractivity contribution >= 4 is 27.5 Å². The van der Waals surface area contributed by atoms with Crippen molar-refractivity contribution in [2.24, 2.45) is 0 Å². The highest BCUT2D eigenvalue weighted by atomic mass is 32.2. The fourth-order valence-corrected chi connectivity index (χ4v) is 7.56. The molecule has 1 aromatic heterocycles. The summed E-state index contributed by atoms with van der Waals surface area (Å²) >= 11 is 0. The van der Waals surface area contributed by atoms with Crippen LogP contribution in [0.5, 0.6) is 0 Å². The Morgan fingerprint density at radius 2 is 1.86 bits per heavy atom. The molecule has 2 saturated carbocycles. The molecule has 2 amide bonds. The Kier molecular flexibility index (Phi) is 8.51. The van der Waals surface area contributed by atoms with E-state index >= 15 is 0 Å². The normalized spacial score (nSPS) is 22.6. The summed E-state index contributed by atoms with van der Waals surface area (Å²) < 4.78 is 84.4. The maximum Gasteiger partial charge on any atom is 0.417 e. The minimum absolute atomic E-state index is 0.0188. The van der Waals surface area contributed by atoms with Gasteiger partial charge in [0.1, 0.15) is 17.7 Å². The molecule has 4 atom stereocenters. The Balaban J connectivity index is 1.48. The van der Waals surface area contributed by atoms with Crippen LogP contribution >= 0.6 is 0 Å². The third kappa shape index (κ3) is 6.37. The summed E-state index contributed by atoms with van der Waals surface area (Å²) in [5.41, 5.74) is -0.998. The summed E-state index contributed by atoms with van der Waals surface area (Å²) in [6, 6.07) is 0.959. The number of rotatable bonds is 10. The minimum Gasteiger partial charge on any atom is -0.381 e. The summed E-state index contributed by atoms with van der Waals surface area (Å²) in [6.45, 7) is 3.09. The Bertz CT molecular complexity index is 1490. The average Bonchev–Trinajstić information content (AvgIpc) is 3.46. The maximum atomic E-state index is 13.8. The van der Waals surface area contributed by atoms with Crippen LogP contribution in [0.4, 0.5) is 23.4 Å². The van der Waals surface area contributed by atoms with E-state index in [1.165, 1.54) is 4.90 Å². The largest absolute Gasteiger partial charge is 0.417 e. The second kappa shape index (κ2) is 11.7. The van der Waals surface area contributed by atoms with Crippen LogP contribution < -0.4 is 15.5 Å². The number of alkyl halides is 3. The van der Waals surface area contributed by atoms with Crippen LogP contribution in [0.25, 0.3) is 0 Å². The van der Waals surface area contributed by atoms with Crippen LogP contribution in [0.3, 0.4) is 0 Å². The number of anilines is 1. The zero-order valence-electron chi connectivity index (χ0n) is 23.8. The monoisotopic (exact) mass is 629 g/mol. The highest BCUT2D eigenvalue weighted by Gasteiger charge is 2.48. The van der Waals surface area contributed by atoms with Gasteiger partial charge in [0, 0.05) is 18.7 Å². The summed E-state index contributed by atoms with van der Waals surface area (Å²) in [7, 11) is -4.72. The Hall–Kier alpha value is -3.20. The van der Waals surface area contributed by atoms with Crippen LogP contribution in [0.15, 0.2) is 29.2 Å². The number of hydrogen-bond acceptors (Lipinski definition) is 7. The maximum absolute atomic E-state index is 13.8. The van der Waals surface area contributed by atoms with Gasteiger partial charge in [0.15, 0.2) is 15.9 Å². The van der Waals surface area contributed by atoms with Crippen LogP contribution in [0.1, 0.15) is 69.2 Å². The van der Waals surface area contributed by atoms with Crippen LogP contribution in [0, 0.1) is 12.7 Å². The fourth-order valence-electron chi connectivity index (χ4n) is 5.67. The van der Waals surface area contributed by atoms with Crippen molar-refractivity contribution in [3.8, 4) is 0 Å². The Labute approximate surface area is 246 Å². The number of aromatic nitrogens is 2. The van der Waals surface area contributed by atoms with E-state index in [0.29, 0.717) is 23.6 Å². The van der Waals surface area contributed by atoms with Gasteiger partial charge in [-0.05, 0) is 70.1 Å². The van der Waals surface area contributed by atoms with E-state index in [2.05, 4.69) is 15.7 Å². The van der Waals surface area contributed by atoms with E-state index in [-0.39, 0.29) is 37.5 Å². The van der Waals surface area contributed by atoms with E-state index in [4.69, 9.17) is 0 Å². The van der Waals surface area contributed by atoms with Gasteiger partial charge in [0.25, 0.3) is 5.91 Å². The number of aliphatic hydroxyl groups excluding tert-OH is 1. The minimum atomic E-state index is -5.13. The van der Waals surface area contributed by atoms with Gasteiger partial charge < -0.3 is 20.6 Å². The zero-order valence-corrected chi connectivity index (χ0v) is 24.6. The molecular formula is C28H35F4N5O5S. The first-order valence-corrected chi connectivity index (χ1v) is 16.0. The lowest BCUT2D eigenvalue weighted by Gasteiger charge is -2.33. The number of nitrogens with zero attached hydrogens (tertiary/aromatic N) is 3. The van der Waals surface area contributed by atoms with Crippen molar-refractivity contribution in [2.75, 3.05) is 11.4 Å². The SMILES string of the molecule is CC[C@H](NC(=O)[C@@H]1C[C@@H](S(=O)(=O)c2ccc(F)cc2C(F)(F)F)CN1c1cc(C)nn1C1CCC1)[C@H](O)C(=O)NC1CC1. The molecule has 1 aromatic carbocycles. The van der Waals surface area contributed by atoms with Gasteiger partial charge in [-0.1, -0.05) is 6.92 Å². The molecule has 3 N–H and O–H groups in total. The predicted molar refractivity (Wildman–Crippen MR) is 147 cm³/mol. The van der Waals surface area contributed by atoms with Gasteiger partial charge in [-0.2, -0.15) is 18.3 Å². The number of amides is 2. The Morgan fingerprint density at radius 3 is 2.44 bits per heavy atom. The number of carbonyl (C=O) groups is 2. The number of carbonyl (C=O) groups excluding carboxylic acids is 2. The predicted octanol–water partition coefficient (Wildman–Crippen LogP) is 3.03. The van der Waals surface area contributed by atoms with Gasteiger partial charge >= 0.3 is 6.18 Å². The van der Waals surface area contributed by atoms with Gasteiger partial charge in [-0.15, -0.1) is 0 Å². The first-order chi connectivity index (χ1) is 20.2. The van der Waals surface area contributed by atoms with E-state index < -0.39 is 67.5 Å². The third-order valence-electron chi connectivity index (χ3n) is 8.45. The van der Waals surface area contributed by atoms with Gasteiger partial charge in [0.05, 0.1) is 33.5 Å². The molecule has 3 fully saturated rings. The molecule has 1 saturated heterocycles. The standard InChI is InChI=1S/C28H35F4N5O5S/c1-3-21(25(38)27(40)33-17-8-9-17)34-26(39)22-13-19(14-36(22)24-11-15(2)35-37(24)18-5-4-6-18)43(41,42)23-10-7-16(29)12-20(23)28(30,31)32/h7,10-12,17-19,21-22,25,38H,3-6,8-9,13-14H2,1-2H3,(H,33,40)(H,34,39)/t19-,21+,22+,25+/m1/s1. The molecule has 3 aliphatic rings. The highest BCUT2D eigenvalue weighted by molar-refractivity contribution is 7.92. The smallest absolute Gasteiger partial charge is 0.381 e. The molecular weight excluding hydrogens is 594 g/mol. The van der Waals surface area contributed by atoms with Gasteiger partial charge in [-0.3, -0.25) is 9.59 Å². The van der Waals surface area contributed by atoms with E-state index in [1.807, 2.05) is 0 Å². The lowest BCUT2D eigenvalue weighted by Crippen LogP contribution is -2.54. The van der Waals surface area contributed by atoms with Gasteiger partial charge in [-0.25, -0.2) is 17.5 Å². The molecule has 0 bridgehead atoms. The van der Waals surface area contributed by atoms with Crippen molar-refractivity contribution in [3.63, 3.8) is 0 Å². The first kappa shape index (κ1) is 31.2. The molecule has 2 aromatic rings.